The SMILES string of the molecule is CCCCC/C=C\C/C=C\CCCCCCCC(=O)OCC(COC(=O)CCN(C)CC)COC(=O)CC12CC3CC(CC(C3)C1)C2. The largest absolute Gasteiger partial charge is 0.465 e. The average Bonchev–Trinajstić information content (AvgIpc) is 3.04. The molecule has 0 aromatic rings. The van der Waals surface area contributed by atoms with Crippen LogP contribution in [0.2, 0.25) is 0 Å². The summed E-state index contributed by atoms with van der Waals surface area (Å²) in [6.45, 7) is 6.04. The number of hydrogen-bond donors (Lipinski definition) is 0. The lowest BCUT2D eigenvalue weighted by Gasteiger charge is -2.56. The molecule has 0 spiro atoms. The molecule has 1 atom stereocenters. The molecule has 1 unspecified atom stereocenters. The normalized spacial score (nSPS) is 24.0. The molecule has 4 rings (SSSR count). The van der Waals surface area contributed by atoms with Gasteiger partial charge in [-0.25, -0.2) is 0 Å². The van der Waals surface area contributed by atoms with Crippen LogP contribution in [-0.2, 0) is 28.6 Å². The van der Waals surface area contributed by atoms with Gasteiger partial charge < -0.3 is 19.1 Å². The molecule has 4 saturated carbocycles. The van der Waals surface area contributed by atoms with Crippen LogP contribution in [-0.4, -0.2) is 62.8 Å². The minimum Gasteiger partial charge on any atom is -0.465 e. The fourth-order valence-corrected chi connectivity index (χ4v) is 8.31. The van der Waals surface area contributed by atoms with Crippen molar-refractivity contribution >= 4 is 17.9 Å². The highest BCUT2D eigenvalue weighted by Crippen LogP contribution is 2.61. The number of ether oxygens (including phenoxy) is 3. The Morgan fingerprint density at radius 1 is 0.681 bits per heavy atom. The van der Waals surface area contributed by atoms with Gasteiger partial charge in [-0.05, 0) is 114 Å². The molecule has 7 nitrogen and oxygen atoms in total. The zero-order valence-corrected chi connectivity index (χ0v) is 30.2. The van der Waals surface area contributed by atoms with Crippen LogP contribution in [0.1, 0.15) is 142 Å². The number of hydrogen-bond acceptors (Lipinski definition) is 7. The van der Waals surface area contributed by atoms with E-state index in [9.17, 15) is 14.4 Å². The molecular weight excluding hydrogens is 590 g/mol. The maximum absolute atomic E-state index is 13.0. The summed E-state index contributed by atoms with van der Waals surface area (Å²) in [4.78, 5) is 40.0. The molecule has 47 heavy (non-hydrogen) atoms. The fraction of sp³-hybridized carbons (Fsp3) is 0.825. The van der Waals surface area contributed by atoms with Gasteiger partial charge in [0, 0.05) is 13.0 Å². The maximum Gasteiger partial charge on any atom is 0.307 e. The Bertz CT molecular complexity index is 938. The van der Waals surface area contributed by atoms with Crippen molar-refractivity contribution in [2.45, 2.75) is 142 Å². The molecule has 0 amide bonds. The van der Waals surface area contributed by atoms with Crippen molar-refractivity contribution in [1.29, 1.82) is 0 Å². The second kappa shape index (κ2) is 22.5. The van der Waals surface area contributed by atoms with Crippen LogP contribution in [0.3, 0.4) is 0 Å². The van der Waals surface area contributed by atoms with E-state index in [4.69, 9.17) is 14.2 Å². The van der Waals surface area contributed by atoms with Gasteiger partial charge >= 0.3 is 17.9 Å². The van der Waals surface area contributed by atoms with E-state index < -0.39 is 0 Å². The minimum absolute atomic E-state index is 0.0797. The molecular formula is C40H67NO6. The van der Waals surface area contributed by atoms with Crippen molar-refractivity contribution in [2.24, 2.45) is 29.1 Å². The summed E-state index contributed by atoms with van der Waals surface area (Å²) in [7, 11) is 1.97. The quantitative estimate of drug-likeness (QED) is 0.0397. The summed E-state index contributed by atoms with van der Waals surface area (Å²) in [5, 5.41) is 0. The van der Waals surface area contributed by atoms with Crippen molar-refractivity contribution in [2.75, 3.05) is 40.0 Å². The molecule has 0 saturated heterocycles. The van der Waals surface area contributed by atoms with Crippen LogP contribution in [0.15, 0.2) is 24.3 Å². The maximum atomic E-state index is 13.0. The predicted molar refractivity (Wildman–Crippen MR) is 189 cm³/mol. The first kappa shape index (κ1) is 39.3. The Kier molecular flexibility index (Phi) is 18.8. The van der Waals surface area contributed by atoms with Crippen LogP contribution >= 0.6 is 0 Å². The lowest BCUT2D eigenvalue weighted by molar-refractivity contribution is -0.157. The first-order valence-corrected chi connectivity index (χ1v) is 19.3. The van der Waals surface area contributed by atoms with E-state index in [1.807, 2.05) is 14.0 Å². The van der Waals surface area contributed by atoms with E-state index in [0.29, 0.717) is 25.8 Å². The van der Waals surface area contributed by atoms with Crippen LogP contribution in [0.25, 0.3) is 0 Å². The summed E-state index contributed by atoms with van der Waals surface area (Å²) in [6, 6.07) is 0. The standard InChI is InChI=1S/C40H67NO6/c1-4-6-7-8-9-10-11-12-13-14-15-16-17-18-19-20-37(42)45-30-36(31-46-38(43)21-22-41(3)5-2)32-47-39(44)29-40-26-33-23-34(27-40)25-35(24-33)28-40/h9-10,12-13,33-36H,4-8,11,14-32H2,1-3H3/b10-9-,13-12-. The topological polar surface area (TPSA) is 82.1 Å². The molecule has 268 valence electrons. The van der Waals surface area contributed by atoms with Gasteiger partial charge in [0.1, 0.15) is 19.8 Å². The van der Waals surface area contributed by atoms with Crippen molar-refractivity contribution in [3.05, 3.63) is 24.3 Å². The van der Waals surface area contributed by atoms with Crippen molar-refractivity contribution in [1.82, 2.24) is 4.90 Å². The Labute approximate surface area is 286 Å². The zero-order chi connectivity index (χ0) is 33.7. The Balaban J connectivity index is 1.30. The molecule has 4 aliphatic rings. The summed E-state index contributed by atoms with van der Waals surface area (Å²) in [5.74, 6) is 1.30. The first-order chi connectivity index (χ1) is 22.8. The lowest BCUT2D eigenvalue weighted by Crippen LogP contribution is -2.47. The van der Waals surface area contributed by atoms with Gasteiger partial charge in [-0.15, -0.1) is 0 Å². The second-order valence-electron chi connectivity index (χ2n) is 15.1. The summed E-state index contributed by atoms with van der Waals surface area (Å²) >= 11 is 0. The van der Waals surface area contributed by atoms with Crippen molar-refractivity contribution < 1.29 is 28.6 Å². The molecule has 0 aromatic heterocycles. The molecule has 0 N–H and O–H groups in total. The number of allylic oxidation sites excluding steroid dienone is 4. The Morgan fingerprint density at radius 3 is 1.77 bits per heavy atom. The van der Waals surface area contributed by atoms with Crippen molar-refractivity contribution in [3.8, 4) is 0 Å². The van der Waals surface area contributed by atoms with Gasteiger partial charge in [-0.2, -0.15) is 0 Å². The smallest absolute Gasteiger partial charge is 0.307 e. The highest BCUT2D eigenvalue weighted by Gasteiger charge is 2.51. The molecule has 4 bridgehead atoms. The van der Waals surface area contributed by atoms with Crippen LogP contribution in [0, 0.1) is 29.1 Å². The van der Waals surface area contributed by atoms with E-state index in [1.165, 1.54) is 57.8 Å². The number of carbonyl (C=O) groups excluding carboxylic acids is 3. The minimum atomic E-state index is -0.364. The zero-order valence-electron chi connectivity index (χ0n) is 30.2. The molecule has 4 aliphatic carbocycles. The highest BCUT2D eigenvalue weighted by atomic mass is 16.6. The first-order valence-electron chi connectivity index (χ1n) is 19.3. The van der Waals surface area contributed by atoms with Gasteiger partial charge in [0.15, 0.2) is 0 Å². The van der Waals surface area contributed by atoms with Crippen LogP contribution < -0.4 is 0 Å². The second-order valence-corrected chi connectivity index (χ2v) is 15.1. The van der Waals surface area contributed by atoms with Gasteiger partial charge in [0.25, 0.3) is 0 Å². The van der Waals surface area contributed by atoms with Gasteiger partial charge in [-0.1, -0.05) is 70.3 Å². The Hall–Kier alpha value is -2.15. The van der Waals surface area contributed by atoms with Crippen molar-refractivity contribution in [3.63, 3.8) is 0 Å². The lowest BCUT2D eigenvalue weighted by atomic mass is 9.49. The molecule has 0 aromatic carbocycles. The third-order valence-electron chi connectivity index (χ3n) is 10.7. The van der Waals surface area contributed by atoms with Crippen LogP contribution in [0.4, 0.5) is 0 Å². The van der Waals surface area contributed by atoms with E-state index in [-0.39, 0.29) is 49.1 Å². The highest BCUT2D eigenvalue weighted by molar-refractivity contribution is 5.71. The molecule has 7 heteroatoms. The molecule has 4 fully saturated rings. The fourth-order valence-electron chi connectivity index (χ4n) is 8.31. The Morgan fingerprint density at radius 2 is 1.19 bits per heavy atom. The number of carbonyl (C=O) groups is 3. The summed E-state index contributed by atoms with van der Waals surface area (Å²) < 4.78 is 16.9. The van der Waals surface area contributed by atoms with Gasteiger partial charge in [0.05, 0.1) is 18.8 Å². The number of esters is 3. The number of rotatable bonds is 26. The van der Waals surface area contributed by atoms with Gasteiger partial charge in [0.2, 0.25) is 0 Å². The monoisotopic (exact) mass is 657 g/mol. The average molecular weight is 658 g/mol. The number of nitrogens with zero attached hydrogens (tertiary/aromatic N) is 1. The summed E-state index contributed by atoms with van der Waals surface area (Å²) in [5.41, 5.74) is 0.118. The molecule has 0 heterocycles. The number of unbranched alkanes of at least 4 members (excludes halogenated alkanes) is 8. The van der Waals surface area contributed by atoms with Gasteiger partial charge in [-0.3, -0.25) is 14.4 Å². The van der Waals surface area contributed by atoms with E-state index in [0.717, 1.165) is 75.7 Å². The van der Waals surface area contributed by atoms with E-state index in [1.54, 1.807) is 0 Å². The van der Waals surface area contributed by atoms with Crippen LogP contribution in [0.5, 0.6) is 0 Å². The predicted octanol–water partition coefficient (Wildman–Crippen LogP) is 8.99. The van der Waals surface area contributed by atoms with E-state index in [2.05, 4.69) is 36.1 Å². The summed E-state index contributed by atoms with van der Waals surface area (Å²) in [6.07, 6.45) is 30.3. The van der Waals surface area contributed by atoms with E-state index >= 15 is 0 Å². The molecule has 0 aliphatic heterocycles. The third kappa shape index (κ3) is 16.2. The third-order valence-corrected chi connectivity index (χ3v) is 10.7. The molecule has 0 radical (unpaired) electrons.